The van der Waals surface area contributed by atoms with Gasteiger partial charge in [-0.2, -0.15) is 0 Å². The van der Waals surface area contributed by atoms with Crippen molar-refractivity contribution in [3.63, 3.8) is 0 Å². The number of hydrogen-bond acceptors (Lipinski definition) is 7. The third-order valence-electron chi connectivity index (χ3n) is 5.50. The number of carbonyl (C=O) groups is 1. The monoisotopic (exact) mass is 372 g/mol. The van der Waals surface area contributed by atoms with Crippen LogP contribution < -0.4 is 0 Å². The normalized spacial score (nSPS) is 42.2. The minimum Gasteiger partial charge on any atom is -0.394 e. The standard InChI is InChI=1S/C19H32O7/c1-10-7-12(21)8-19(3,4)13(10)6-5-11(2)25-18-17(24)16(23)15(22)14(9-20)26-18/h5-6,10-11,13-18,20,22-24H,7-9H2,1-4H3/b6-5-/t10-,11+,13+,14-,15-,16+,17-,18-/m1/s1. The van der Waals surface area contributed by atoms with Crippen LogP contribution in [0.4, 0.5) is 0 Å². The summed E-state index contributed by atoms with van der Waals surface area (Å²) < 4.78 is 11.0. The van der Waals surface area contributed by atoms with Gasteiger partial charge in [0.25, 0.3) is 0 Å². The predicted octanol–water partition coefficient (Wildman–Crippen LogP) is 0.389. The van der Waals surface area contributed by atoms with E-state index < -0.39 is 43.4 Å². The summed E-state index contributed by atoms with van der Waals surface area (Å²) in [5, 5.41) is 38.9. The van der Waals surface area contributed by atoms with Gasteiger partial charge in [0.15, 0.2) is 6.29 Å². The Morgan fingerprint density at radius 3 is 2.50 bits per heavy atom. The fourth-order valence-corrected chi connectivity index (χ4v) is 4.12. The molecule has 0 spiro atoms. The minimum atomic E-state index is -1.45. The smallest absolute Gasteiger partial charge is 0.187 e. The van der Waals surface area contributed by atoms with Crippen molar-refractivity contribution < 1.29 is 34.7 Å². The first-order chi connectivity index (χ1) is 12.1. The molecule has 0 aromatic heterocycles. The molecule has 26 heavy (non-hydrogen) atoms. The topological polar surface area (TPSA) is 116 Å². The second-order valence-electron chi connectivity index (χ2n) is 8.33. The lowest BCUT2D eigenvalue weighted by atomic mass is 9.63. The lowest BCUT2D eigenvalue weighted by Gasteiger charge is -2.41. The van der Waals surface area contributed by atoms with Crippen LogP contribution in [-0.4, -0.2) is 69.6 Å². The van der Waals surface area contributed by atoms with Crippen molar-refractivity contribution >= 4 is 5.78 Å². The molecule has 0 radical (unpaired) electrons. The van der Waals surface area contributed by atoms with E-state index in [4.69, 9.17) is 9.47 Å². The van der Waals surface area contributed by atoms with Gasteiger partial charge in [0, 0.05) is 12.8 Å². The van der Waals surface area contributed by atoms with E-state index in [1.165, 1.54) is 0 Å². The second-order valence-corrected chi connectivity index (χ2v) is 8.33. The summed E-state index contributed by atoms with van der Waals surface area (Å²) in [5.41, 5.74) is -0.131. The number of hydrogen-bond donors (Lipinski definition) is 4. The number of aliphatic hydroxyl groups excluding tert-OH is 4. The van der Waals surface area contributed by atoms with Crippen LogP contribution in [0.25, 0.3) is 0 Å². The summed E-state index contributed by atoms with van der Waals surface area (Å²) in [5.74, 6) is 0.751. The Morgan fingerprint density at radius 2 is 1.92 bits per heavy atom. The molecule has 0 amide bonds. The van der Waals surface area contributed by atoms with Crippen LogP contribution in [-0.2, 0) is 14.3 Å². The van der Waals surface area contributed by atoms with Gasteiger partial charge in [-0.05, 0) is 24.2 Å². The highest BCUT2D eigenvalue weighted by atomic mass is 16.7. The van der Waals surface area contributed by atoms with Gasteiger partial charge in [-0.15, -0.1) is 0 Å². The molecule has 2 aliphatic rings. The number of ketones is 1. The SMILES string of the molecule is C[C@@H]1CC(=O)CC(C)(C)[C@H]1/C=C\[C@H](C)O[C@@H]1O[C@H](CO)[C@@H](O)[C@H](O)[C@H]1O. The third kappa shape index (κ3) is 4.71. The largest absolute Gasteiger partial charge is 0.394 e. The number of aliphatic hydroxyl groups is 4. The molecule has 4 N–H and O–H groups in total. The molecule has 7 nitrogen and oxygen atoms in total. The maximum absolute atomic E-state index is 11.8. The van der Waals surface area contributed by atoms with Crippen LogP contribution in [0.5, 0.6) is 0 Å². The highest BCUT2D eigenvalue weighted by Gasteiger charge is 2.44. The Hall–Kier alpha value is -0.830. The van der Waals surface area contributed by atoms with Crippen LogP contribution >= 0.6 is 0 Å². The molecule has 0 aromatic rings. The first-order valence-electron chi connectivity index (χ1n) is 9.22. The first kappa shape index (κ1) is 21.5. The molecule has 7 heteroatoms. The zero-order valence-electron chi connectivity index (χ0n) is 15.9. The molecular formula is C19H32O7. The average Bonchev–Trinajstić information content (AvgIpc) is 2.53. The van der Waals surface area contributed by atoms with Crippen LogP contribution in [0.2, 0.25) is 0 Å². The Balaban J connectivity index is 2.00. The van der Waals surface area contributed by atoms with Crippen LogP contribution in [0.15, 0.2) is 12.2 Å². The van der Waals surface area contributed by atoms with Crippen molar-refractivity contribution in [1.82, 2.24) is 0 Å². The van der Waals surface area contributed by atoms with E-state index in [1.807, 2.05) is 12.2 Å². The molecule has 1 aliphatic carbocycles. The quantitative estimate of drug-likeness (QED) is 0.516. The zero-order chi connectivity index (χ0) is 19.6. The number of carbonyl (C=O) groups excluding carboxylic acids is 1. The van der Waals surface area contributed by atoms with E-state index in [0.29, 0.717) is 12.8 Å². The fraction of sp³-hybridized carbons (Fsp3) is 0.842. The highest BCUT2D eigenvalue weighted by Crippen LogP contribution is 2.43. The number of Topliss-reactive ketones (excluding diaryl/α,β-unsaturated/α-hetero) is 1. The lowest BCUT2D eigenvalue weighted by Crippen LogP contribution is -2.59. The van der Waals surface area contributed by atoms with Gasteiger partial charge in [-0.1, -0.05) is 32.9 Å². The molecule has 1 saturated carbocycles. The maximum atomic E-state index is 11.8. The zero-order valence-corrected chi connectivity index (χ0v) is 15.9. The fourth-order valence-electron chi connectivity index (χ4n) is 4.12. The summed E-state index contributed by atoms with van der Waals surface area (Å²) in [7, 11) is 0. The van der Waals surface area contributed by atoms with E-state index in [2.05, 4.69) is 20.8 Å². The third-order valence-corrected chi connectivity index (χ3v) is 5.50. The van der Waals surface area contributed by atoms with Crippen molar-refractivity contribution in [1.29, 1.82) is 0 Å². The van der Waals surface area contributed by atoms with Gasteiger partial charge < -0.3 is 29.9 Å². The summed E-state index contributed by atoms with van der Waals surface area (Å²) in [6, 6.07) is 0. The molecule has 0 unspecified atom stereocenters. The maximum Gasteiger partial charge on any atom is 0.187 e. The van der Waals surface area contributed by atoms with Gasteiger partial charge in [0.05, 0.1) is 12.7 Å². The Kier molecular flexibility index (Phi) is 6.98. The van der Waals surface area contributed by atoms with Gasteiger partial charge in [-0.25, -0.2) is 0 Å². The average molecular weight is 372 g/mol. The van der Waals surface area contributed by atoms with Crippen molar-refractivity contribution in [2.45, 2.75) is 77.3 Å². The van der Waals surface area contributed by atoms with E-state index >= 15 is 0 Å². The number of ether oxygens (including phenoxy) is 2. The second kappa shape index (κ2) is 8.46. The van der Waals surface area contributed by atoms with Gasteiger partial charge in [0.2, 0.25) is 0 Å². The summed E-state index contributed by atoms with van der Waals surface area (Å²) in [6.45, 7) is 7.52. The summed E-state index contributed by atoms with van der Waals surface area (Å²) in [4.78, 5) is 11.8. The van der Waals surface area contributed by atoms with Gasteiger partial charge in [-0.3, -0.25) is 4.79 Å². The molecule has 2 fully saturated rings. The van der Waals surface area contributed by atoms with Crippen LogP contribution in [0.3, 0.4) is 0 Å². The molecular weight excluding hydrogens is 340 g/mol. The summed E-state index contributed by atoms with van der Waals surface area (Å²) in [6.07, 6.45) is -1.79. The van der Waals surface area contributed by atoms with Crippen LogP contribution in [0, 0.1) is 17.3 Å². The predicted molar refractivity (Wildman–Crippen MR) is 94.1 cm³/mol. The molecule has 0 aromatic carbocycles. The number of allylic oxidation sites excluding steroid dienone is 1. The highest BCUT2D eigenvalue weighted by molar-refractivity contribution is 5.80. The number of rotatable bonds is 5. The molecule has 1 aliphatic heterocycles. The molecule has 0 bridgehead atoms. The Bertz CT molecular complexity index is 516. The van der Waals surface area contributed by atoms with Gasteiger partial charge in [0.1, 0.15) is 30.2 Å². The summed E-state index contributed by atoms with van der Waals surface area (Å²) >= 11 is 0. The van der Waals surface area contributed by atoms with Crippen molar-refractivity contribution in [2.75, 3.05) is 6.61 Å². The minimum absolute atomic E-state index is 0.131. The van der Waals surface area contributed by atoms with E-state index in [9.17, 15) is 25.2 Å². The van der Waals surface area contributed by atoms with E-state index in [-0.39, 0.29) is 23.0 Å². The molecule has 1 heterocycles. The van der Waals surface area contributed by atoms with E-state index in [1.54, 1.807) is 6.92 Å². The van der Waals surface area contributed by atoms with Crippen molar-refractivity contribution in [3.05, 3.63) is 12.2 Å². The molecule has 1 saturated heterocycles. The lowest BCUT2D eigenvalue weighted by molar-refractivity contribution is -0.306. The first-order valence-corrected chi connectivity index (χ1v) is 9.22. The molecule has 150 valence electrons. The van der Waals surface area contributed by atoms with Crippen LogP contribution in [0.1, 0.15) is 40.5 Å². The van der Waals surface area contributed by atoms with Crippen molar-refractivity contribution in [2.24, 2.45) is 17.3 Å². The molecule has 2 rings (SSSR count). The Labute approximate surface area is 154 Å². The van der Waals surface area contributed by atoms with E-state index in [0.717, 1.165) is 0 Å². The Morgan fingerprint density at radius 1 is 1.27 bits per heavy atom. The van der Waals surface area contributed by atoms with Crippen molar-refractivity contribution in [3.8, 4) is 0 Å². The van der Waals surface area contributed by atoms with Gasteiger partial charge >= 0.3 is 0 Å². The molecule has 8 atom stereocenters.